The van der Waals surface area contributed by atoms with Crippen LogP contribution in [0, 0.1) is 0 Å². The number of fused-ring (bicyclic) bond motifs is 1. The van der Waals surface area contributed by atoms with Crippen LogP contribution in [0.2, 0.25) is 0 Å². The summed E-state index contributed by atoms with van der Waals surface area (Å²) in [5.41, 5.74) is 2.29. The fourth-order valence-corrected chi connectivity index (χ4v) is 3.74. The lowest BCUT2D eigenvalue weighted by Gasteiger charge is -2.25. The number of pyridine rings is 1. The Morgan fingerprint density at radius 2 is 2.38 bits per heavy atom. The first kappa shape index (κ1) is 14.1. The van der Waals surface area contributed by atoms with Gasteiger partial charge >= 0.3 is 6.03 Å². The predicted octanol–water partition coefficient (Wildman–Crippen LogP) is 3.58. The smallest absolute Gasteiger partial charge is 0.315 e. The van der Waals surface area contributed by atoms with Gasteiger partial charge in [0, 0.05) is 17.3 Å². The summed E-state index contributed by atoms with van der Waals surface area (Å²) in [6, 6.07) is 5.95. The normalized spacial score (nSPS) is 18.6. The van der Waals surface area contributed by atoms with Gasteiger partial charge in [-0.3, -0.25) is 4.98 Å². The van der Waals surface area contributed by atoms with E-state index in [4.69, 9.17) is 0 Å². The third-order valence-corrected chi connectivity index (χ3v) is 4.89. The molecular weight excluding hydrogens is 282 g/mol. The summed E-state index contributed by atoms with van der Waals surface area (Å²) in [4.78, 5) is 17.7. The Bertz CT molecular complexity index is 611. The van der Waals surface area contributed by atoms with E-state index in [0.29, 0.717) is 0 Å². The molecule has 0 saturated carbocycles. The number of amides is 2. The number of rotatable bonds is 3. The topological polar surface area (TPSA) is 54.0 Å². The van der Waals surface area contributed by atoms with Crippen LogP contribution in [0.15, 0.2) is 36.0 Å². The second kappa shape index (κ2) is 6.26. The number of aromatic nitrogens is 1. The van der Waals surface area contributed by atoms with Crippen LogP contribution in [-0.2, 0) is 6.42 Å². The van der Waals surface area contributed by atoms with Crippen LogP contribution in [0.4, 0.5) is 4.79 Å². The second-order valence-electron chi connectivity index (χ2n) is 5.37. The van der Waals surface area contributed by atoms with Crippen molar-refractivity contribution in [3.63, 3.8) is 0 Å². The molecule has 0 unspecified atom stereocenters. The lowest BCUT2D eigenvalue weighted by molar-refractivity contribution is 0.232. The molecule has 1 aliphatic carbocycles. The van der Waals surface area contributed by atoms with Crippen molar-refractivity contribution in [2.75, 3.05) is 0 Å². The summed E-state index contributed by atoms with van der Waals surface area (Å²) >= 11 is 1.79. The first-order valence-corrected chi connectivity index (χ1v) is 8.15. The molecule has 2 amide bonds. The molecule has 2 aromatic heterocycles. The molecule has 4 nitrogen and oxygen atoms in total. The van der Waals surface area contributed by atoms with Gasteiger partial charge in [-0.25, -0.2) is 4.79 Å². The van der Waals surface area contributed by atoms with Gasteiger partial charge in [0.05, 0.1) is 12.1 Å². The summed E-state index contributed by atoms with van der Waals surface area (Å²) in [7, 11) is 0. The maximum absolute atomic E-state index is 12.2. The highest BCUT2D eigenvalue weighted by atomic mass is 32.1. The first-order chi connectivity index (χ1) is 10.2. The van der Waals surface area contributed by atoms with E-state index in [2.05, 4.69) is 27.1 Å². The van der Waals surface area contributed by atoms with E-state index in [1.165, 1.54) is 10.4 Å². The number of nitrogens with one attached hydrogen (secondary N) is 2. The van der Waals surface area contributed by atoms with Gasteiger partial charge in [0.2, 0.25) is 0 Å². The Balaban J connectivity index is 1.61. The molecule has 0 fully saturated rings. The molecule has 0 radical (unpaired) electrons. The molecule has 21 heavy (non-hydrogen) atoms. The maximum atomic E-state index is 12.2. The number of carbonyl (C=O) groups excluding carboxylic acids is 1. The average molecular weight is 301 g/mol. The van der Waals surface area contributed by atoms with Crippen LogP contribution in [0.3, 0.4) is 0 Å². The van der Waals surface area contributed by atoms with Crippen LogP contribution < -0.4 is 10.6 Å². The second-order valence-corrected chi connectivity index (χ2v) is 6.37. The quantitative estimate of drug-likeness (QED) is 0.910. The van der Waals surface area contributed by atoms with Gasteiger partial charge in [-0.1, -0.05) is 6.07 Å². The number of thiophene rings is 1. The summed E-state index contributed by atoms with van der Waals surface area (Å²) in [6.07, 6.45) is 6.80. The number of carbonyl (C=O) groups is 1. The molecular formula is C16H19N3OS. The van der Waals surface area contributed by atoms with Crippen LogP contribution in [-0.4, -0.2) is 11.0 Å². The minimum Gasteiger partial charge on any atom is -0.332 e. The molecule has 2 atom stereocenters. The van der Waals surface area contributed by atoms with E-state index in [1.54, 1.807) is 23.7 Å². The Morgan fingerprint density at radius 3 is 3.19 bits per heavy atom. The molecule has 1 aliphatic rings. The fourth-order valence-electron chi connectivity index (χ4n) is 2.75. The van der Waals surface area contributed by atoms with Crippen LogP contribution in [0.25, 0.3) is 0 Å². The summed E-state index contributed by atoms with van der Waals surface area (Å²) in [5, 5.41) is 8.19. The zero-order valence-corrected chi connectivity index (χ0v) is 12.8. The van der Waals surface area contributed by atoms with Crippen molar-refractivity contribution in [3.8, 4) is 0 Å². The van der Waals surface area contributed by atoms with Crippen LogP contribution >= 0.6 is 11.3 Å². The zero-order chi connectivity index (χ0) is 14.7. The van der Waals surface area contributed by atoms with E-state index >= 15 is 0 Å². The summed E-state index contributed by atoms with van der Waals surface area (Å²) in [5.74, 6) is 0. The van der Waals surface area contributed by atoms with Crippen LogP contribution in [0.5, 0.6) is 0 Å². The molecule has 3 rings (SSSR count). The monoisotopic (exact) mass is 301 g/mol. The van der Waals surface area contributed by atoms with Gasteiger partial charge in [0.15, 0.2) is 0 Å². The highest BCUT2D eigenvalue weighted by Crippen LogP contribution is 2.33. The third-order valence-electron chi connectivity index (χ3n) is 3.89. The number of hydrogen-bond acceptors (Lipinski definition) is 3. The molecule has 2 N–H and O–H groups in total. The van der Waals surface area contributed by atoms with Crippen LogP contribution in [0.1, 0.15) is 47.9 Å². The molecule has 0 saturated heterocycles. The Morgan fingerprint density at radius 1 is 1.48 bits per heavy atom. The minimum atomic E-state index is -0.115. The molecule has 2 aromatic rings. The van der Waals surface area contributed by atoms with E-state index in [-0.39, 0.29) is 18.1 Å². The number of nitrogens with zero attached hydrogens (tertiary/aromatic N) is 1. The fraction of sp³-hybridized carbons (Fsp3) is 0.375. The SMILES string of the molecule is C[C@H](NC(=O)N[C@@H]1CCCc2sccc21)c1cccnc1. The van der Waals surface area contributed by atoms with Crippen molar-refractivity contribution in [2.24, 2.45) is 0 Å². The maximum Gasteiger partial charge on any atom is 0.315 e. The van der Waals surface area contributed by atoms with Gasteiger partial charge in [0.25, 0.3) is 0 Å². The lowest BCUT2D eigenvalue weighted by atomic mass is 9.94. The van der Waals surface area contributed by atoms with Gasteiger partial charge < -0.3 is 10.6 Å². The molecule has 0 aliphatic heterocycles. The summed E-state index contributed by atoms with van der Waals surface area (Å²) in [6.45, 7) is 1.97. The van der Waals surface area contributed by atoms with Crippen molar-refractivity contribution in [1.82, 2.24) is 15.6 Å². The highest BCUT2D eigenvalue weighted by molar-refractivity contribution is 7.10. The molecule has 0 aromatic carbocycles. The largest absolute Gasteiger partial charge is 0.332 e. The Kier molecular flexibility index (Phi) is 4.20. The average Bonchev–Trinajstić information content (AvgIpc) is 2.97. The number of hydrogen-bond donors (Lipinski definition) is 2. The van der Waals surface area contributed by atoms with Crippen molar-refractivity contribution in [1.29, 1.82) is 0 Å². The standard InChI is InChI=1S/C16H19N3OS/c1-11(12-4-3-8-17-10-12)18-16(20)19-14-5-2-6-15-13(14)7-9-21-15/h3-4,7-11,14H,2,5-6H2,1H3,(H2,18,19,20)/t11-,14+/m0/s1. The molecule has 110 valence electrons. The Labute approximate surface area is 128 Å². The number of urea groups is 1. The lowest BCUT2D eigenvalue weighted by Crippen LogP contribution is -2.40. The predicted molar refractivity (Wildman–Crippen MR) is 84.3 cm³/mol. The third kappa shape index (κ3) is 3.24. The highest BCUT2D eigenvalue weighted by Gasteiger charge is 2.23. The molecule has 0 bridgehead atoms. The first-order valence-electron chi connectivity index (χ1n) is 7.27. The zero-order valence-electron chi connectivity index (χ0n) is 12.0. The molecule has 2 heterocycles. The number of aryl methyl sites for hydroxylation is 1. The molecule has 0 spiro atoms. The minimum absolute atomic E-state index is 0.0516. The van der Waals surface area contributed by atoms with E-state index in [9.17, 15) is 4.79 Å². The van der Waals surface area contributed by atoms with E-state index in [0.717, 1.165) is 24.8 Å². The molecule has 5 heteroatoms. The van der Waals surface area contributed by atoms with Gasteiger partial charge in [-0.05, 0) is 54.8 Å². The van der Waals surface area contributed by atoms with Crippen molar-refractivity contribution >= 4 is 17.4 Å². The van der Waals surface area contributed by atoms with Crippen molar-refractivity contribution < 1.29 is 4.79 Å². The van der Waals surface area contributed by atoms with Crippen molar-refractivity contribution in [3.05, 3.63) is 52.0 Å². The summed E-state index contributed by atoms with van der Waals surface area (Å²) < 4.78 is 0. The Hall–Kier alpha value is -1.88. The van der Waals surface area contributed by atoms with Crippen molar-refractivity contribution in [2.45, 2.75) is 38.3 Å². The van der Waals surface area contributed by atoms with E-state index < -0.39 is 0 Å². The van der Waals surface area contributed by atoms with E-state index in [1.807, 2.05) is 19.1 Å². The van der Waals surface area contributed by atoms with Gasteiger partial charge in [0.1, 0.15) is 0 Å². The van der Waals surface area contributed by atoms with Gasteiger partial charge in [-0.15, -0.1) is 11.3 Å². The van der Waals surface area contributed by atoms with Gasteiger partial charge in [-0.2, -0.15) is 0 Å².